The van der Waals surface area contributed by atoms with E-state index in [2.05, 4.69) is 19.2 Å². The highest BCUT2D eigenvalue weighted by molar-refractivity contribution is 5.92. The van der Waals surface area contributed by atoms with Gasteiger partial charge in [0, 0.05) is 23.4 Å². The number of anilines is 1. The summed E-state index contributed by atoms with van der Waals surface area (Å²) in [4.78, 5) is 11.2. The standard InChI is InChI=1S/C21H28N2O3/c1-5-25-20-15(4)18(23-13-12-14(2)3)10-11-19(20)26-17-8-6-16(7-9-17)21(22)24/h6-11,14,23H,5,12-13H2,1-4H3,(H2,22,24). The van der Waals surface area contributed by atoms with Crippen LogP contribution in [0.3, 0.4) is 0 Å². The van der Waals surface area contributed by atoms with Crippen LogP contribution < -0.4 is 20.5 Å². The molecule has 3 N–H and O–H groups in total. The van der Waals surface area contributed by atoms with Gasteiger partial charge in [0.15, 0.2) is 11.5 Å². The van der Waals surface area contributed by atoms with Crippen molar-refractivity contribution in [3.05, 3.63) is 47.5 Å². The predicted octanol–water partition coefficient (Wildman–Crippen LogP) is 4.74. The molecule has 2 aromatic carbocycles. The monoisotopic (exact) mass is 356 g/mol. The van der Waals surface area contributed by atoms with Gasteiger partial charge in [0.2, 0.25) is 5.91 Å². The molecule has 0 aliphatic heterocycles. The van der Waals surface area contributed by atoms with Gasteiger partial charge in [-0.2, -0.15) is 0 Å². The lowest BCUT2D eigenvalue weighted by Gasteiger charge is -2.18. The smallest absolute Gasteiger partial charge is 0.248 e. The number of carbonyl (C=O) groups excluding carboxylic acids is 1. The van der Waals surface area contributed by atoms with Crippen molar-refractivity contribution < 1.29 is 14.3 Å². The molecule has 2 rings (SSSR count). The minimum absolute atomic E-state index is 0.447. The molecule has 0 spiro atoms. The number of hydrogen-bond acceptors (Lipinski definition) is 4. The zero-order valence-electron chi connectivity index (χ0n) is 16.0. The second-order valence-corrected chi connectivity index (χ2v) is 6.60. The lowest BCUT2D eigenvalue weighted by atomic mass is 10.1. The SMILES string of the molecule is CCOc1c(Oc2ccc(C(N)=O)cc2)ccc(NCCC(C)C)c1C. The first kappa shape index (κ1) is 19.6. The summed E-state index contributed by atoms with van der Waals surface area (Å²) in [5.41, 5.74) is 7.78. The number of hydrogen-bond donors (Lipinski definition) is 2. The highest BCUT2D eigenvalue weighted by atomic mass is 16.5. The van der Waals surface area contributed by atoms with Gasteiger partial charge in [0.25, 0.3) is 0 Å². The molecule has 1 amide bonds. The van der Waals surface area contributed by atoms with Crippen molar-refractivity contribution in [2.24, 2.45) is 11.7 Å². The number of rotatable bonds is 9. The first-order valence-corrected chi connectivity index (χ1v) is 9.00. The van der Waals surface area contributed by atoms with Gasteiger partial charge in [-0.25, -0.2) is 0 Å². The van der Waals surface area contributed by atoms with Crippen molar-refractivity contribution in [1.29, 1.82) is 0 Å². The molecule has 0 aliphatic carbocycles. The van der Waals surface area contributed by atoms with E-state index in [1.165, 1.54) is 0 Å². The highest BCUT2D eigenvalue weighted by Crippen LogP contribution is 2.38. The van der Waals surface area contributed by atoms with Gasteiger partial charge in [-0.3, -0.25) is 4.79 Å². The lowest BCUT2D eigenvalue weighted by molar-refractivity contribution is 0.100. The zero-order valence-corrected chi connectivity index (χ0v) is 16.0. The third-order valence-electron chi connectivity index (χ3n) is 4.06. The number of nitrogens with two attached hydrogens (primary N) is 1. The Hall–Kier alpha value is -2.69. The Balaban J connectivity index is 2.21. The summed E-state index contributed by atoms with van der Waals surface area (Å²) in [6.07, 6.45) is 1.11. The molecule has 5 nitrogen and oxygen atoms in total. The molecule has 0 aromatic heterocycles. The van der Waals surface area contributed by atoms with Gasteiger partial charge in [0.1, 0.15) is 5.75 Å². The number of nitrogens with one attached hydrogen (secondary N) is 1. The van der Waals surface area contributed by atoms with Crippen LogP contribution in [-0.2, 0) is 0 Å². The van der Waals surface area contributed by atoms with Crippen LogP contribution in [0.2, 0.25) is 0 Å². The van der Waals surface area contributed by atoms with Crippen molar-refractivity contribution >= 4 is 11.6 Å². The fraction of sp³-hybridized carbons (Fsp3) is 0.381. The molecule has 0 saturated heterocycles. The van der Waals surface area contributed by atoms with Gasteiger partial charge in [-0.15, -0.1) is 0 Å². The van der Waals surface area contributed by atoms with E-state index < -0.39 is 5.91 Å². The van der Waals surface area contributed by atoms with E-state index in [0.717, 1.165) is 30.0 Å². The second-order valence-electron chi connectivity index (χ2n) is 6.60. The van der Waals surface area contributed by atoms with Gasteiger partial charge in [0.05, 0.1) is 6.61 Å². The van der Waals surface area contributed by atoms with Crippen LogP contribution >= 0.6 is 0 Å². The summed E-state index contributed by atoms with van der Waals surface area (Å²) in [6, 6.07) is 10.6. The van der Waals surface area contributed by atoms with Gasteiger partial charge in [-0.1, -0.05) is 13.8 Å². The molecular formula is C21H28N2O3. The number of amides is 1. The quantitative estimate of drug-likeness (QED) is 0.680. The summed E-state index contributed by atoms with van der Waals surface area (Å²) >= 11 is 0. The number of carbonyl (C=O) groups is 1. The summed E-state index contributed by atoms with van der Waals surface area (Å²) in [6.45, 7) is 9.85. The molecule has 0 atom stereocenters. The Morgan fingerprint density at radius 3 is 2.42 bits per heavy atom. The van der Waals surface area contributed by atoms with E-state index in [1.54, 1.807) is 24.3 Å². The summed E-state index contributed by atoms with van der Waals surface area (Å²) in [5, 5.41) is 3.47. The molecule has 0 heterocycles. The van der Waals surface area contributed by atoms with E-state index in [1.807, 2.05) is 26.0 Å². The molecule has 0 saturated carbocycles. The van der Waals surface area contributed by atoms with Crippen molar-refractivity contribution in [2.75, 3.05) is 18.5 Å². The van der Waals surface area contributed by atoms with Crippen LogP contribution in [0.4, 0.5) is 5.69 Å². The van der Waals surface area contributed by atoms with Gasteiger partial charge in [-0.05, 0) is 62.6 Å². The molecule has 5 heteroatoms. The van der Waals surface area contributed by atoms with Gasteiger partial charge >= 0.3 is 0 Å². The fourth-order valence-electron chi connectivity index (χ4n) is 2.57. The van der Waals surface area contributed by atoms with Crippen molar-refractivity contribution in [2.45, 2.75) is 34.1 Å². The van der Waals surface area contributed by atoms with E-state index in [9.17, 15) is 4.79 Å². The summed E-state index contributed by atoms with van der Waals surface area (Å²) in [5.74, 6) is 2.18. The van der Waals surface area contributed by atoms with E-state index in [0.29, 0.717) is 29.6 Å². The van der Waals surface area contributed by atoms with Crippen LogP contribution in [0, 0.1) is 12.8 Å². The number of primary amides is 1. The number of ether oxygens (including phenoxy) is 2. The molecule has 0 fully saturated rings. The highest BCUT2D eigenvalue weighted by Gasteiger charge is 2.14. The predicted molar refractivity (Wildman–Crippen MR) is 105 cm³/mol. The van der Waals surface area contributed by atoms with E-state index in [-0.39, 0.29) is 0 Å². The first-order chi connectivity index (χ1) is 12.4. The maximum atomic E-state index is 11.2. The maximum absolute atomic E-state index is 11.2. The molecule has 26 heavy (non-hydrogen) atoms. The van der Waals surface area contributed by atoms with Crippen molar-refractivity contribution in [1.82, 2.24) is 0 Å². The zero-order chi connectivity index (χ0) is 19.1. The van der Waals surface area contributed by atoms with Crippen LogP contribution in [0.15, 0.2) is 36.4 Å². The third kappa shape index (κ3) is 5.15. The Morgan fingerprint density at radius 2 is 1.85 bits per heavy atom. The molecule has 0 bridgehead atoms. The number of benzene rings is 2. The first-order valence-electron chi connectivity index (χ1n) is 9.00. The Kier molecular flexibility index (Phi) is 6.89. The van der Waals surface area contributed by atoms with E-state index >= 15 is 0 Å². The van der Waals surface area contributed by atoms with Crippen LogP contribution in [0.1, 0.15) is 43.1 Å². The summed E-state index contributed by atoms with van der Waals surface area (Å²) < 4.78 is 11.8. The van der Waals surface area contributed by atoms with Crippen molar-refractivity contribution in [3.8, 4) is 17.2 Å². The summed E-state index contributed by atoms with van der Waals surface area (Å²) in [7, 11) is 0. The topological polar surface area (TPSA) is 73.6 Å². The second kappa shape index (κ2) is 9.13. The Bertz CT molecular complexity index is 740. The molecule has 0 aliphatic rings. The fourth-order valence-corrected chi connectivity index (χ4v) is 2.57. The Labute approximate surface area is 155 Å². The molecule has 0 unspecified atom stereocenters. The molecule has 140 valence electrons. The van der Waals surface area contributed by atoms with Crippen LogP contribution in [-0.4, -0.2) is 19.1 Å². The van der Waals surface area contributed by atoms with Gasteiger partial charge < -0.3 is 20.5 Å². The van der Waals surface area contributed by atoms with Crippen LogP contribution in [0.5, 0.6) is 17.2 Å². The maximum Gasteiger partial charge on any atom is 0.248 e. The minimum Gasteiger partial charge on any atom is -0.490 e. The third-order valence-corrected chi connectivity index (χ3v) is 4.06. The van der Waals surface area contributed by atoms with E-state index in [4.69, 9.17) is 15.2 Å². The molecule has 2 aromatic rings. The van der Waals surface area contributed by atoms with Crippen LogP contribution in [0.25, 0.3) is 0 Å². The lowest BCUT2D eigenvalue weighted by Crippen LogP contribution is -2.10. The molecule has 0 radical (unpaired) electrons. The average Bonchev–Trinajstić information content (AvgIpc) is 2.60. The largest absolute Gasteiger partial charge is 0.490 e. The minimum atomic E-state index is -0.459. The molecular weight excluding hydrogens is 328 g/mol. The van der Waals surface area contributed by atoms with Crippen molar-refractivity contribution in [3.63, 3.8) is 0 Å². The Morgan fingerprint density at radius 1 is 1.15 bits per heavy atom. The average molecular weight is 356 g/mol. The normalized spacial score (nSPS) is 10.7.